The molecule has 0 aromatic rings. The second-order valence-corrected chi connectivity index (χ2v) is 5.42. The van der Waals surface area contributed by atoms with Gasteiger partial charge in [0, 0.05) is 5.41 Å². The molecule has 1 heterocycles. The van der Waals surface area contributed by atoms with Crippen molar-refractivity contribution in [3.05, 3.63) is 0 Å². The molecule has 1 aliphatic heterocycles. The number of hydrogen-bond donors (Lipinski definition) is 2. The summed E-state index contributed by atoms with van der Waals surface area (Å²) >= 11 is 0. The van der Waals surface area contributed by atoms with E-state index in [-0.39, 0.29) is 6.61 Å². The van der Waals surface area contributed by atoms with Crippen molar-refractivity contribution in [2.24, 2.45) is 5.41 Å². The Morgan fingerprint density at radius 2 is 1.75 bits per heavy atom. The van der Waals surface area contributed by atoms with Gasteiger partial charge in [-0.25, -0.2) is 14.4 Å². The van der Waals surface area contributed by atoms with Gasteiger partial charge in [0.1, 0.15) is 0 Å². The van der Waals surface area contributed by atoms with Gasteiger partial charge in [-0.05, 0) is 6.92 Å². The smallest absolute Gasteiger partial charge is 0.379 e. The molecule has 114 valence electrons. The first-order valence-electron chi connectivity index (χ1n) is 6.01. The summed E-state index contributed by atoms with van der Waals surface area (Å²) in [6.07, 6.45) is 0. The third-order valence-corrected chi connectivity index (χ3v) is 3.18. The summed E-state index contributed by atoms with van der Waals surface area (Å²) in [7, 11) is 0. The minimum atomic E-state index is -2.75. The molecule has 1 rings (SSSR count). The topological polar surface area (TPSA) is 119 Å². The van der Waals surface area contributed by atoms with Crippen molar-refractivity contribution in [2.45, 2.75) is 39.1 Å². The van der Waals surface area contributed by atoms with Gasteiger partial charge in [0.2, 0.25) is 0 Å². The molecular formula is C12H18O8. The van der Waals surface area contributed by atoms with Crippen LogP contribution < -0.4 is 0 Å². The van der Waals surface area contributed by atoms with Crippen LogP contribution in [0.3, 0.4) is 0 Å². The standard InChI is InChI=1S/C12H18O8/c1-5-18-9(17)12(8(15)16)19-6-11(20-12,7(13)14)10(2,3)4/h5-6H2,1-4H3,(H,13,14)(H,15,16)/t11-,12+/m0/s1. The Kier molecular flexibility index (Phi) is 4.12. The lowest BCUT2D eigenvalue weighted by Crippen LogP contribution is -2.57. The number of ether oxygens (including phenoxy) is 3. The van der Waals surface area contributed by atoms with E-state index in [4.69, 9.17) is 9.47 Å². The molecule has 1 fully saturated rings. The zero-order valence-corrected chi connectivity index (χ0v) is 11.8. The molecule has 8 heteroatoms. The van der Waals surface area contributed by atoms with Crippen LogP contribution in [-0.2, 0) is 28.6 Å². The van der Waals surface area contributed by atoms with Gasteiger partial charge < -0.3 is 24.4 Å². The van der Waals surface area contributed by atoms with Gasteiger partial charge in [0.05, 0.1) is 13.2 Å². The Balaban J connectivity index is 3.27. The van der Waals surface area contributed by atoms with Gasteiger partial charge in [0.25, 0.3) is 0 Å². The minimum Gasteiger partial charge on any atom is -0.479 e. The molecular weight excluding hydrogens is 272 g/mol. The number of aliphatic carboxylic acids is 2. The van der Waals surface area contributed by atoms with Crippen LogP contribution in [0.5, 0.6) is 0 Å². The van der Waals surface area contributed by atoms with Gasteiger partial charge in [0.15, 0.2) is 5.60 Å². The summed E-state index contributed by atoms with van der Waals surface area (Å²) in [6, 6.07) is 0. The number of hydrogen-bond acceptors (Lipinski definition) is 6. The Labute approximate surface area is 115 Å². The van der Waals surface area contributed by atoms with Crippen LogP contribution in [0.25, 0.3) is 0 Å². The molecule has 0 bridgehead atoms. The van der Waals surface area contributed by atoms with Gasteiger partial charge in [-0.1, -0.05) is 20.8 Å². The fraction of sp³-hybridized carbons (Fsp3) is 0.750. The van der Waals surface area contributed by atoms with Crippen molar-refractivity contribution in [1.29, 1.82) is 0 Å². The van der Waals surface area contributed by atoms with Crippen LogP contribution in [0.2, 0.25) is 0 Å². The van der Waals surface area contributed by atoms with E-state index in [0.717, 1.165) is 0 Å². The highest BCUT2D eigenvalue weighted by atomic mass is 16.8. The molecule has 0 unspecified atom stereocenters. The minimum absolute atomic E-state index is 0.0871. The number of rotatable bonds is 4. The molecule has 1 aliphatic rings. The number of carboxylic acid groups (broad SMARTS) is 2. The second kappa shape index (κ2) is 5.02. The first-order valence-corrected chi connectivity index (χ1v) is 6.01. The highest BCUT2D eigenvalue weighted by Gasteiger charge is 2.68. The van der Waals surface area contributed by atoms with Crippen LogP contribution >= 0.6 is 0 Å². The summed E-state index contributed by atoms with van der Waals surface area (Å²) in [5.41, 5.74) is -2.96. The highest BCUT2D eigenvalue weighted by molar-refractivity contribution is 6.02. The van der Waals surface area contributed by atoms with Crippen molar-refractivity contribution < 1.29 is 38.8 Å². The van der Waals surface area contributed by atoms with Crippen LogP contribution in [0.4, 0.5) is 0 Å². The maximum atomic E-state index is 11.8. The molecule has 0 saturated carbocycles. The van der Waals surface area contributed by atoms with Crippen molar-refractivity contribution in [1.82, 2.24) is 0 Å². The van der Waals surface area contributed by atoms with Crippen molar-refractivity contribution in [2.75, 3.05) is 13.2 Å². The SMILES string of the molecule is CCOC(=O)[C@]1(C(=O)O)OC[C@](C(=O)O)(C(C)(C)C)O1. The van der Waals surface area contributed by atoms with Crippen LogP contribution in [0, 0.1) is 5.41 Å². The zero-order chi connectivity index (χ0) is 15.8. The van der Waals surface area contributed by atoms with Gasteiger partial charge in [-0.2, -0.15) is 0 Å². The molecule has 0 radical (unpaired) electrons. The lowest BCUT2D eigenvalue weighted by molar-refractivity contribution is -0.235. The Morgan fingerprint density at radius 1 is 1.20 bits per heavy atom. The third-order valence-electron chi connectivity index (χ3n) is 3.18. The van der Waals surface area contributed by atoms with E-state index in [2.05, 4.69) is 4.74 Å². The Morgan fingerprint density at radius 3 is 2.05 bits per heavy atom. The summed E-state index contributed by atoms with van der Waals surface area (Å²) in [4.78, 5) is 34.6. The van der Waals surface area contributed by atoms with Crippen molar-refractivity contribution in [3.63, 3.8) is 0 Å². The maximum absolute atomic E-state index is 11.8. The lowest BCUT2D eigenvalue weighted by Gasteiger charge is -2.36. The fourth-order valence-electron chi connectivity index (χ4n) is 1.82. The summed E-state index contributed by atoms with van der Waals surface area (Å²) in [5, 5.41) is 18.6. The van der Waals surface area contributed by atoms with E-state index in [1.807, 2.05) is 0 Å². The van der Waals surface area contributed by atoms with Crippen LogP contribution in [0.15, 0.2) is 0 Å². The number of carbonyl (C=O) groups excluding carboxylic acids is 1. The lowest BCUT2D eigenvalue weighted by atomic mass is 9.77. The Bertz CT molecular complexity index is 437. The molecule has 0 aliphatic carbocycles. The molecule has 2 N–H and O–H groups in total. The number of carbonyl (C=O) groups is 3. The monoisotopic (exact) mass is 290 g/mol. The van der Waals surface area contributed by atoms with Gasteiger partial charge in [-0.3, -0.25) is 0 Å². The van der Waals surface area contributed by atoms with E-state index >= 15 is 0 Å². The summed E-state index contributed by atoms with van der Waals surface area (Å²) < 4.78 is 14.7. The van der Waals surface area contributed by atoms with E-state index in [1.165, 1.54) is 6.92 Å². The van der Waals surface area contributed by atoms with E-state index < -0.39 is 41.3 Å². The van der Waals surface area contributed by atoms with Crippen LogP contribution in [0.1, 0.15) is 27.7 Å². The van der Waals surface area contributed by atoms with Gasteiger partial charge in [-0.15, -0.1) is 0 Å². The predicted octanol–water partition coefficient (Wildman–Crippen LogP) is 0.247. The Hall–Kier alpha value is -1.67. The second-order valence-electron chi connectivity index (χ2n) is 5.42. The predicted molar refractivity (Wildman–Crippen MR) is 63.9 cm³/mol. The van der Waals surface area contributed by atoms with E-state index in [0.29, 0.717) is 0 Å². The van der Waals surface area contributed by atoms with Crippen LogP contribution in [-0.4, -0.2) is 52.7 Å². The summed E-state index contributed by atoms with van der Waals surface area (Å²) in [5.74, 6) is -7.18. The third kappa shape index (κ3) is 2.25. The quantitative estimate of drug-likeness (QED) is 0.558. The van der Waals surface area contributed by atoms with Crippen molar-refractivity contribution >= 4 is 17.9 Å². The molecule has 20 heavy (non-hydrogen) atoms. The largest absolute Gasteiger partial charge is 0.479 e. The van der Waals surface area contributed by atoms with E-state index in [9.17, 15) is 24.6 Å². The first kappa shape index (κ1) is 16.4. The molecule has 2 atom stereocenters. The van der Waals surface area contributed by atoms with E-state index in [1.54, 1.807) is 20.8 Å². The maximum Gasteiger partial charge on any atom is 0.379 e. The molecule has 8 nitrogen and oxygen atoms in total. The fourth-order valence-corrected chi connectivity index (χ4v) is 1.82. The molecule has 0 amide bonds. The van der Waals surface area contributed by atoms with Crippen molar-refractivity contribution in [3.8, 4) is 0 Å². The molecule has 0 aromatic carbocycles. The average Bonchev–Trinajstić information content (AvgIpc) is 2.71. The molecule has 0 spiro atoms. The van der Waals surface area contributed by atoms with Gasteiger partial charge >= 0.3 is 23.7 Å². The first-order chi connectivity index (χ1) is 9.03. The normalized spacial score (nSPS) is 30.0. The summed E-state index contributed by atoms with van der Waals surface area (Å²) in [6.45, 7) is 5.47. The zero-order valence-electron chi connectivity index (χ0n) is 11.8. The number of carboxylic acids is 2. The number of esters is 1. The molecule has 1 saturated heterocycles. The molecule has 0 aromatic heterocycles. The highest BCUT2D eigenvalue weighted by Crippen LogP contribution is 2.44. The average molecular weight is 290 g/mol.